The summed E-state index contributed by atoms with van der Waals surface area (Å²) in [5.74, 6) is -0.608. The first-order valence-corrected chi connectivity index (χ1v) is 9.69. The Morgan fingerprint density at radius 1 is 1.24 bits per heavy atom. The smallest absolute Gasteiger partial charge is 0.249 e. The van der Waals surface area contributed by atoms with E-state index in [9.17, 15) is 13.2 Å². The Kier molecular flexibility index (Phi) is 6.45. The molecule has 1 unspecified atom stereocenters. The summed E-state index contributed by atoms with van der Waals surface area (Å²) in [6, 6.07) is 5.08. The van der Waals surface area contributed by atoms with Crippen LogP contribution in [-0.2, 0) is 10.0 Å². The van der Waals surface area contributed by atoms with Crippen molar-refractivity contribution in [3.8, 4) is 0 Å². The van der Waals surface area contributed by atoms with Crippen molar-refractivity contribution in [1.82, 2.24) is 14.5 Å². The minimum absolute atomic E-state index is 0. The van der Waals surface area contributed by atoms with E-state index in [0.717, 1.165) is 32.6 Å². The summed E-state index contributed by atoms with van der Waals surface area (Å²) in [6.45, 7) is 6.16. The van der Waals surface area contributed by atoms with E-state index in [1.54, 1.807) is 19.1 Å². The summed E-state index contributed by atoms with van der Waals surface area (Å²) >= 11 is 0. The lowest BCUT2D eigenvalue weighted by Gasteiger charge is -2.37. The van der Waals surface area contributed by atoms with Gasteiger partial charge in [0.25, 0.3) is 0 Å². The van der Waals surface area contributed by atoms with Crippen LogP contribution in [0.2, 0.25) is 0 Å². The number of piperazine rings is 1. The van der Waals surface area contributed by atoms with Crippen LogP contribution in [0.4, 0.5) is 0 Å². The third-order valence-electron chi connectivity index (χ3n) is 4.94. The highest BCUT2D eigenvalue weighted by molar-refractivity contribution is 7.89. The number of primary amides is 1. The summed E-state index contributed by atoms with van der Waals surface area (Å²) in [4.78, 5) is 14.0. The molecule has 2 heterocycles. The van der Waals surface area contributed by atoms with Gasteiger partial charge in [0, 0.05) is 44.3 Å². The van der Waals surface area contributed by atoms with Gasteiger partial charge in [-0.3, -0.25) is 9.69 Å². The number of nitrogens with zero attached hydrogens (tertiary/aromatic N) is 2. The van der Waals surface area contributed by atoms with Gasteiger partial charge in [0.15, 0.2) is 0 Å². The molecule has 25 heavy (non-hydrogen) atoms. The number of aryl methyl sites for hydroxylation is 1. The van der Waals surface area contributed by atoms with E-state index in [1.165, 1.54) is 10.4 Å². The third-order valence-corrected chi connectivity index (χ3v) is 6.83. The second-order valence-corrected chi connectivity index (χ2v) is 8.37. The van der Waals surface area contributed by atoms with Crippen molar-refractivity contribution in [3.05, 3.63) is 29.3 Å². The standard InChI is InChI=1S/C16H24N4O3S.ClH/c1-12-2-3-14(10-15(12)16(17)21)24(22,23)20-8-6-19(7-9-20)13-4-5-18-11-13;/h2-3,10,13,18H,4-9,11H2,1H3,(H2,17,21);1H. The predicted octanol–water partition coefficient (Wildman–Crippen LogP) is 0.184. The van der Waals surface area contributed by atoms with Gasteiger partial charge >= 0.3 is 0 Å². The predicted molar refractivity (Wildman–Crippen MR) is 98.6 cm³/mol. The summed E-state index contributed by atoms with van der Waals surface area (Å²) in [5, 5.41) is 3.34. The van der Waals surface area contributed by atoms with E-state index in [2.05, 4.69) is 10.2 Å². The Morgan fingerprint density at radius 3 is 2.48 bits per heavy atom. The molecule has 0 spiro atoms. The summed E-state index contributed by atoms with van der Waals surface area (Å²) < 4.78 is 27.2. The van der Waals surface area contributed by atoms with Crippen molar-refractivity contribution < 1.29 is 13.2 Å². The van der Waals surface area contributed by atoms with E-state index < -0.39 is 15.9 Å². The van der Waals surface area contributed by atoms with Crippen molar-refractivity contribution >= 4 is 28.3 Å². The molecule has 0 bridgehead atoms. The van der Waals surface area contributed by atoms with Gasteiger partial charge in [-0.25, -0.2) is 8.42 Å². The molecular weight excluding hydrogens is 364 g/mol. The average Bonchev–Trinajstić information content (AvgIpc) is 3.09. The second kappa shape index (κ2) is 8.01. The number of nitrogens with one attached hydrogen (secondary N) is 1. The first kappa shape index (κ1) is 20.1. The molecule has 9 heteroatoms. The van der Waals surface area contributed by atoms with E-state index in [-0.39, 0.29) is 22.9 Å². The molecule has 2 fully saturated rings. The Hall–Kier alpha value is -1.19. The maximum atomic E-state index is 12.8. The number of amides is 1. The number of rotatable bonds is 4. The first-order chi connectivity index (χ1) is 11.4. The minimum atomic E-state index is -3.60. The van der Waals surface area contributed by atoms with Crippen molar-refractivity contribution in [3.63, 3.8) is 0 Å². The van der Waals surface area contributed by atoms with Crippen LogP contribution in [0.15, 0.2) is 23.1 Å². The highest BCUT2D eigenvalue weighted by Crippen LogP contribution is 2.22. The van der Waals surface area contributed by atoms with Crippen LogP contribution in [-0.4, -0.2) is 68.8 Å². The first-order valence-electron chi connectivity index (χ1n) is 8.25. The van der Waals surface area contributed by atoms with Crippen molar-refractivity contribution in [2.45, 2.75) is 24.3 Å². The normalized spacial score (nSPS) is 22.5. The SMILES string of the molecule is Cc1ccc(S(=O)(=O)N2CCN(C3CCNC3)CC2)cc1C(N)=O.Cl. The maximum absolute atomic E-state index is 12.8. The second-order valence-electron chi connectivity index (χ2n) is 6.43. The lowest BCUT2D eigenvalue weighted by molar-refractivity contribution is 0.0999. The van der Waals surface area contributed by atoms with E-state index in [0.29, 0.717) is 24.7 Å². The molecular formula is C16H25ClN4O3S. The van der Waals surface area contributed by atoms with Gasteiger partial charge < -0.3 is 11.1 Å². The third kappa shape index (κ3) is 4.15. The molecule has 1 atom stereocenters. The minimum Gasteiger partial charge on any atom is -0.366 e. The molecule has 1 aromatic rings. The van der Waals surface area contributed by atoms with Gasteiger partial charge in [0.05, 0.1) is 4.90 Å². The molecule has 1 aromatic carbocycles. The van der Waals surface area contributed by atoms with Gasteiger partial charge in [0.2, 0.25) is 15.9 Å². The van der Waals surface area contributed by atoms with E-state index in [1.807, 2.05) is 0 Å². The number of hydrogen-bond acceptors (Lipinski definition) is 5. The Morgan fingerprint density at radius 2 is 1.92 bits per heavy atom. The topological polar surface area (TPSA) is 95.7 Å². The molecule has 0 aliphatic carbocycles. The quantitative estimate of drug-likeness (QED) is 0.767. The monoisotopic (exact) mass is 388 g/mol. The lowest BCUT2D eigenvalue weighted by Crippen LogP contribution is -2.52. The van der Waals surface area contributed by atoms with Crippen molar-refractivity contribution in [2.75, 3.05) is 39.3 Å². The van der Waals surface area contributed by atoms with Crippen LogP contribution >= 0.6 is 12.4 Å². The molecule has 3 N–H and O–H groups in total. The zero-order valence-electron chi connectivity index (χ0n) is 14.3. The molecule has 7 nitrogen and oxygen atoms in total. The molecule has 2 aliphatic heterocycles. The fourth-order valence-corrected chi connectivity index (χ4v) is 4.89. The zero-order chi connectivity index (χ0) is 17.3. The fraction of sp³-hybridized carbons (Fsp3) is 0.562. The highest BCUT2D eigenvalue weighted by Gasteiger charge is 2.32. The number of carbonyl (C=O) groups is 1. The largest absolute Gasteiger partial charge is 0.366 e. The zero-order valence-corrected chi connectivity index (χ0v) is 15.9. The lowest BCUT2D eigenvalue weighted by atomic mass is 10.1. The average molecular weight is 389 g/mol. The Bertz CT molecular complexity index is 727. The number of nitrogens with two attached hydrogens (primary N) is 1. The maximum Gasteiger partial charge on any atom is 0.249 e. The number of sulfonamides is 1. The van der Waals surface area contributed by atoms with Crippen LogP contribution in [0.3, 0.4) is 0 Å². The van der Waals surface area contributed by atoms with E-state index >= 15 is 0 Å². The van der Waals surface area contributed by atoms with E-state index in [4.69, 9.17) is 5.73 Å². The van der Waals surface area contributed by atoms with Crippen LogP contribution in [0.1, 0.15) is 22.3 Å². The molecule has 140 valence electrons. The van der Waals surface area contributed by atoms with Crippen LogP contribution in [0.5, 0.6) is 0 Å². The molecule has 2 aliphatic rings. The summed E-state index contributed by atoms with van der Waals surface area (Å²) in [6.07, 6.45) is 1.12. The van der Waals surface area contributed by atoms with Gasteiger partial charge in [-0.05, 0) is 37.6 Å². The number of halogens is 1. The Balaban J connectivity index is 0.00000225. The van der Waals surface area contributed by atoms with Crippen LogP contribution in [0.25, 0.3) is 0 Å². The molecule has 1 amide bonds. The molecule has 0 saturated carbocycles. The summed E-state index contributed by atoms with van der Waals surface area (Å²) in [5.41, 5.74) is 6.27. The van der Waals surface area contributed by atoms with Gasteiger partial charge in [0.1, 0.15) is 0 Å². The van der Waals surface area contributed by atoms with Gasteiger partial charge in [-0.2, -0.15) is 4.31 Å². The Labute approximate surface area is 155 Å². The molecule has 3 rings (SSSR count). The van der Waals surface area contributed by atoms with Crippen molar-refractivity contribution in [2.24, 2.45) is 5.73 Å². The van der Waals surface area contributed by atoms with Crippen LogP contribution < -0.4 is 11.1 Å². The summed E-state index contributed by atoms with van der Waals surface area (Å²) in [7, 11) is -3.60. The number of carbonyl (C=O) groups excluding carboxylic acids is 1. The molecule has 0 radical (unpaired) electrons. The molecule has 2 saturated heterocycles. The van der Waals surface area contributed by atoms with Crippen molar-refractivity contribution in [1.29, 1.82) is 0 Å². The van der Waals surface area contributed by atoms with Gasteiger partial charge in [-0.1, -0.05) is 6.07 Å². The highest BCUT2D eigenvalue weighted by atomic mass is 35.5. The fourth-order valence-electron chi connectivity index (χ4n) is 3.44. The number of benzene rings is 1. The van der Waals surface area contributed by atoms with Crippen LogP contribution in [0, 0.1) is 6.92 Å². The molecule has 0 aromatic heterocycles. The number of hydrogen-bond donors (Lipinski definition) is 2. The van der Waals surface area contributed by atoms with Gasteiger partial charge in [-0.15, -0.1) is 12.4 Å².